The van der Waals surface area contributed by atoms with Crippen LogP contribution in [-0.4, -0.2) is 32.7 Å². The molecule has 1 heterocycles. The van der Waals surface area contributed by atoms with E-state index in [9.17, 15) is 18.7 Å². The lowest BCUT2D eigenvalue weighted by Gasteiger charge is -2.40. The van der Waals surface area contributed by atoms with E-state index in [0.29, 0.717) is 40.6 Å². The summed E-state index contributed by atoms with van der Waals surface area (Å²) in [6.45, 7) is 2.27. The van der Waals surface area contributed by atoms with Crippen LogP contribution in [-0.2, 0) is 4.79 Å². The Bertz CT molecular complexity index is 1020. The average Bonchev–Trinajstić information content (AvgIpc) is 3.16. The lowest BCUT2D eigenvalue weighted by atomic mass is 9.76. The van der Waals surface area contributed by atoms with Gasteiger partial charge in [0.1, 0.15) is 0 Å². The van der Waals surface area contributed by atoms with Crippen molar-refractivity contribution in [3.8, 4) is 0 Å². The Morgan fingerprint density at radius 2 is 1.97 bits per heavy atom. The van der Waals surface area contributed by atoms with Crippen LogP contribution >= 0.6 is 0 Å². The summed E-state index contributed by atoms with van der Waals surface area (Å²) in [4.78, 5) is 17.2. The predicted octanol–water partition coefficient (Wildman–Crippen LogP) is 3.42. The molecule has 5 fully saturated rings. The number of aliphatic hydroxyl groups is 1. The first-order chi connectivity index (χ1) is 14.4. The first kappa shape index (κ1) is 18.7. The number of carbonyl (C=O) groups excluding carboxylic acids is 1. The first-order valence-corrected chi connectivity index (χ1v) is 11.1. The molecule has 5 aliphatic rings. The summed E-state index contributed by atoms with van der Waals surface area (Å²) in [5.41, 5.74) is 1.06. The third kappa shape index (κ3) is 2.60. The molecular formula is C23H27F2N3O2. The summed E-state index contributed by atoms with van der Waals surface area (Å²) in [5, 5.41) is 12.8. The molecule has 0 radical (unpaired) electrons. The number of nitrogens with one attached hydrogen (secondary N) is 1. The van der Waals surface area contributed by atoms with E-state index in [1.807, 2.05) is 11.5 Å². The average molecular weight is 415 g/mol. The van der Waals surface area contributed by atoms with E-state index in [0.717, 1.165) is 38.2 Å². The number of nitrogens with zero attached hydrogens (tertiary/aromatic N) is 2. The molecular weight excluding hydrogens is 388 g/mol. The van der Waals surface area contributed by atoms with Gasteiger partial charge < -0.3 is 15.0 Å². The summed E-state index contributed by atoms with van der Waals surface area (Å²) >= 11 is 0. The van der Waals surface area contributed by atoms with Gasteiger partial charge in [-0.15, -0.1) is 0 Å². The number of rotatable bonds is 5. The van der Waals surface area contributed by atoms with Crippen molar-refractivity contribution in [3.05, 3.63) is 30.1 Å². The molecule has 1 amide bonds. The number of carbonyl (C=O) groups is 1. The van der Waals surface area contributed by atoms with Gasteiger partial charge in [-0.2, -0.15) is 0 Å². The summed E-state index contributed by atoms with van der Waals surface area (Å²) in [5.74, 6) is 0.808. The quantitative estimate of drug-likeness (QED) is 0.786. The van der Waals surface area contributed by atoms with Crippen molar-refractivity contribution in [3.63, 3.8) is 0 Å². The highest BCUT2D eigenvalue weighted by Gasteiger charge is 2.61. The molecule has 7 rings (SSSR count). The lowest BCUT2D eigenvalue weighted by molar-refractivity contribution is -0.128. The molecule has 7 heteroatoms. The lowest BCUT2D eigenvalue weighted by Crippen LogP contribution is -2.53. The molecule has 2 aromatic rings. The van der Waals surface area contributed by atoms with Crippen LogP contribution in [0, 0.1) is 47.1 Å². The molecule has 2 N–H and O–H groups in total. The van der Waals surface area contributed by atoms with E-state index in [-0.39, 0.29) is 30.0 Å². The van der Waals surface area contributed by atoms with Gasteiger partial charge in [0, 0.05) is 36.2 Å². The minimum Gasteiger partial charge on any atom is -0.396 e. The Balaban J connectivity index is 1.10. The fourth-order valence-corrected chi connectivity index (χ4v) is 7.17. The highest BCUT2D eigenvalue weighted by atomic mass is 19.2. The monoisotopic (exact) mass is 415 g/mol. The van der Waals surface area contributed by atoms with E-state index in [4.69, 9.17) is 0 Å². The van der Waals surface area contributed by atoms with Crippen LogP contribution in [0.1, 0.15) is 45.1 Å². The topological polar surface area (TPSA) is 67.2 Å². The Morgan fingerprint density at radius 3 is 2.63 bits per heavy atom. The Kier molecular flexibility index (Phi) is 3.90. The van der Waals surface area contributed by atoms with Gasteiger partial charge in [-0.05, 0) is 61.7 Å². The second kappa shape index (κ2) is 6.25. The standard InChI is InChI=1S/C23H27F2N3O2/c1-11(22(30)27-23-6-12(7-23)13(8-23)9-29)21-15-2-14(3-16(15)21)28-10-26-19-4-17(24)18(25)5-20(19)28/h4-5,10-16,21,29H,2-3,6-9H2,1H3,(H,27,30)/t11?,12?,13?,14-,15-,16+,21+,23?. The Labute approximate surface area is 173 Å². The molecule has 2 unspecified atom stereocenters. The fraction of sp³-hybridized carbons (Fsp3) is 0.652. The van der Waals surface area contributed by atoms with Gasteiger partial charge in [0.05, 0.1) is 17.4 Å². The van der Waals surface area contributed by atoms with Crippen LogP contribution in [0.5, 0.6) is 0 Å². The maximum atomic E-state index is 13.7. The van der Waals surface area contributed by atoms with Gasteiger partial charge >= 0.3 is 0 Å². The van der Waals surface area contributed by atoms with Crippen LogP contribution in [0.3, 0.4) is 0 Å². The van der Waals surface area contributed by atoms with Gasteiger partial charge in [-0.3, -0.25) is 4.79 Å². The number of imidazole rings is 1. The van der Waals surface area contributed by atoms with E-state index >= 15 is 0 Å². The molecule has 5 aliphatic carbocycles. The number of fused-ring (bicyclic) bond motifs is 3. The fourth-order valence-electron chi connectivity index (χ4n) is 7.17. The molecule has 6 atom stereocenters. The molecule has 1 aromatic carbocycles. The molecule has 0 saturated heterocycles. The zero-order chi connectivity index (χ0) is 20.8. The molecule has 2 bridgehead atoms. The summed E-state index contributed by atoms with van der Waals surface area (Å²) in [6, 6.07) is 2.62. The summed E-state index contributed by atoms with van der Waals surface area (Å²) in [7, 11) is 0. The van der Waals surface area contributed by atoms with E-state index in [2.05, 4.69) is 10.3 Å². The van der Waals surface area contributed by atoms with Gasteiger partial charge in [0.25, 0.3) is 0 Å². The summed E-state index contributed by atoms with van der Waals surface area (Å²) in [6.07, 6.45) is 6.54. The van der Waals surface area contributed by atoms with Crippen LogP contribution in [0.15, 0.2) is 18.5 Å². The van der Waals surface area contributed by atoms with Crippen LogP contribution < -0.4 is 5.32 Å². The predicted molar refractivity (Wildman–Crippen MR) is 106 cm³/mol. The zero-order valence-electron chi connectivity index (χ0n) is 17.0. The maximum Gasteiger partial charge on any atom is 0.223 e. The SMILES string of the molecule is CC(C(=O)NC12CC(CO)C(C1)C2)[C@H]1[C@@H]2C[C@@H](n3cnc4cc(F)c(F)cc43)C[C@@H]21. The van der Waals surface area contributed by atoms with Crippen molar-refractivity contribution >= 4 is 16.9 Å². The van der Waals surface area contributed by atoms with Gasteiger partial charge in [0.15, 0.2) is 11.6 Å². The highest BCUT2D eigenvalue weighted by Crippen LogP contribution is 2.64. The van der Waals surface area contributed by atoms with Crippen LogP contribution in [0.4, 0.5) is 8.78 Å². The maximum absolute atomic E-state index is 13.7. The second-order valence-electron chi connectivity index (χ2n) is 10.3. The molecule has 1 aromatic heterocycles. The molecule has 30 heavy (non-hydrogen) atoms. The van der Waals surface area contributed by atoms with Crippen molar-refractivity contribution in [2.75, 3.05) is 6.61 Å². The van der Waals surface area contributed by atoms with E-state index < -0.39 is 11.6 Å². The largest absolute Gasteiger partial charge is 0.396 e. The Hall–Kier alpha value is -2.02. The summed E-state index contributed by atoms with van der Waals surface area (Å²) < 4.78 is 29.2. The molecule has 0 aliphatic heterocycles. The highest BCUT2D eigenvalue weighted by molar-refractivity contribution is 5.80. The number of halogens is 2. The normalized spacial score (nSPS) is 39.6. The third-order valence-electron chi connectivity index (χ3n) is 8.74. The molecule has 160 valence electrons. The van der Waals surface area contributed by atoms with Gasteiger partial charge in [0.2, 0.25) is 5.91 Å². The first-order valence-electron chi connectivity index (χ1n) is 11.1. The zero-order valence-corrected chi connectivity index (χ0v) is 17.0. The van der Waals surface area contributed by atoms with E-state index in [1.165, 1.54) is 6.07 Å². The van der Waals surface area contributed by atoms with Crippen molar-refractivity contribution in [1.82, 2.24) is 14.9 Å². The van der Waals surface area contributed by atoms with Crippen molar-refractivity contribution in [2.45, 2.75) is 50.6 Å². The minimum atomic E-state index is -0.869. The smallest absolute Gasteiger partial charge is 0.223 e. The van der Waals surface area contributed by atoms with E-state index in [1.54, 1.807) is 6.33 Å². The number of hydrogen-bond acceptors (Lipinski definition) is 3. The molecule has 5 nitrogen and oxygen atoms in total. The number of aliphatic hydroxyl groups excluding tert-OH is 1. The number of amides is 1. The number of benzene rings is 1. The molecule has 5 saturated carbocycles. The van der Waals surface area contributed by atoms with Crippen LogP contribution in [0.2, 0.25) is 0 Å². The second-order valence-corrected chi connectivity index (χ2v) is 10.3. The Morgan fingerprint density at radius 1 is 1.27 bits per heavy atom. The van der Waals surface area contributed by atoms with Gasteiger partial charge in [-0.25, -0.2) is 13.8 Å². The third-order valence-corrected chi connectivity index (χ3v) is 8.74. The number of aromatic nitrogens is 2. The van der Waals surface area contributed by atoms with Crippen molar-refractivity contribution in [1.29, 1.82) is 0 Å². The minimum absolute atomic E-state index is 0.00590. The van der Waals surface area contributed by atoms with Crippen molar-refractivity contribution in [2.24, 2.45) is 35.5 Å². The van der Waals surface area contributed by atoms with Crippen LogP contribution in [0.25, 0.3) is 11.0 Å². The van der Waals surface area contributed by atoms with Gasteiger partial charge in [-0.1, -0.05) is 6.92 Å². The molecule has 0 spiro atoms. The van der Waals surface area contributed by atoms with Crippen molar-refractivity contribution < 1.29 is 18.7 Å². The number of hydrogen-bond donors (Lipinski definition) is 2.